The molecule has 0 fully saturated rings. The van der Waals surface area contributed by atoms with Gasteiger partial charge in [-0.3, -0.25) is 9.69 Å². The van der Waals surface area contributed by atoms with Gasteiger partial charge in [0.05, 0.1) is 12.0 Å². The Morgan fingerprint density at radius 2 is 1.92 bits per heavy atom. The van der Waals surface area contributed by atoms with Gasteiger partial charge in [0.2, 0.25) is 5.91 Å². The number of aromatic nitrogens is 2. The van der Waals surface area contributed by atoms with Crippen molar-refractivity contribution in [1.29, 1.82) is 0 Å². The van der Waals surface area contributed by atoms with Crippen molar-refractivity contribution < 1.29 is 14.7 Å². The van der Waals surface area contributed by atoms with E-state index in [0.29, 0.717) is 29.6 Å². The van der Waals surface area contributed by atoms with Gasteiger partial charge >= 0.3 is 5.97 Å². The topological polar surface area (TPSA) is 109 Å². The molecule has 0 spiro atoms. The van der Waals surface area contributed by atoms with Crippen LogP contribution in [-0.4, -0.2) is 33.5 Å². The summed E-state index contributed by atoms with van der Waals surface area (Å²) in [5.41, 5.74) is 8.06. The Bertz CT molecular complexity index is 833. The number of carboxylic acids is 1. The summed E-state index contributed by atoms with van der Waals surface area (Å²) in [5, 5.41) is 8.90. The summed E-state index contributed by atoms with van der Waals surface area (Å²) >= 11 is 0. The lowest BCUT2D eigenvalue weighted by Gasteiger charge is -2.16. The van der Waals surface area contributed by atoms with Crippen LogP contribution in [0.3, 0.4) is 0 Å². The fourth-order valence-corrected chi connectivity index (χ4v) is 3.18. The summed E-state index contributed by atoms with van der Waals surface area (Å²) in [6.45, 7) is 2.40. The normalized spacial score (nSPS) is 13.1. The summed E-state index contributed by atoms with van der Waals surface area (Å²) in [4.78, 5) is 33.3. The largest absolute Gasteiger partial charge is 0.478 e. The third-order valence-corrected chi connectivity index (χ3v) is 4.56. The number of hydrogen-bond donors (Lipinski definition) is 2. The molecule has 7 heteroatoms. The quantitative estimate of drug-likeness (QED) is 0.739. The Labute approximate surface area is 151 Å². The molecule has 7 nitrogen and oxygen atoms in total. The maximum Gasteiger partial charge on any atom is 0.335 e. The first-order chi connectivity index (χ1) is 12.5. The van der Waals surface area contributed by atoms with Gasteiger partial charge in [0.1, 0.15) is 17.5 Å². The molecule has 0 bridgehead atoms. The first-order valence-corrected chi connectivity index (χ1v) is 8.71. The molecule has 1 aliphatic rings. The van der Waals surface area contributed by atoms with Crippen LogP contribution in [0, 0.1) is 6.92 Å². The van der Waals surface area contributed by atoms with Gasteiger partial charge in [-0.05, 0) is 43.9 Å². The zero-order valence-electron chi connectivity index (χ0n) is 14.7. The Morgan fingerprint density at radius 3 is 2.62 bits per heavy atom. The van der Waals surface area contributed by atoms with Crippen molar-refractivity contribution in [2.24, 2.45) is 0 Å². The van der Waals surface area contributed by atoms with Gasteiger partial charge in [-0.15, -0.1) is 0 Å². The van der Waals surface area contributed by atoms with E-state index in [0.717, 1.165) is 36.8 Å². The van der Waals surface area contributed by atoms with Crippen molar-refractivity contribution in [3.05, 3.63) is 46.8 Å². The average Bonchev–Trinajstić information content (AvgIpc) is 2.91. The summed E-state index contributed by atoms with van der Waals surface area (Å²) < 4.78 is 0. The number of unbranched alkanes of at least 4 members (excludes halogenated alkanes) is 2. The smallest absolute Gasteiger partial charge is 0.335 e. The van der Waals surface area contributed by atoms with Crippen molar-refractivity contribution in [1.82, 2.24) is 9.97 Å². The highest BCUT2D eigenvalue weighted by molar-refractivity contribution is 6.01. The molecule has 1 aromatic carbocycles. The second-order valence-corrected chi connectivity index (χ2v) is 6.49. The molecule has 0 saturated heterocycles. The molecule has 2 aromatic rings. The van der Waals surface area contributed by atoms with Crippen molar-refractivity contribution in [2.75, 3.05) is 17.2 Å². The highest BCUT2D eigenvalue weighted by Crippen LogP contribution is 2.30. The first kappa shape index (κ1) is 17.8. The Hall–Kier alpha value is -2.96. The van der Waals surface area contributed by atoms with Crippen molar-refractivity contribution in [2.45, 2.75) is 39.0 Å². The van der Waals surface area contributed by atoms with Crippen LogP contribution in [0.5, 0.6) is 0 Å². The lowest BCUT2D eigenvalue weighted by Crippen LogP contribution is -2.28. The van der Waals surface area contributed by atoms with Crippen molar-refractivity contribution >= 4 is 23.5 Å². The fraction of sp³-hybridized carbons (Fsp3) is 0.368. The van der Waals surface area contributed by atoms with Crippen LogP contribution in [-0.2, 0) is 17.6 Å². The van der Waals surface area contributed by atoms with Crippen LogP contribution >= 0.6 is 0 Å². The molecule has 0 radical (unpaired) electrons. The van der Waals surface area contributed by atoms with Crippen LogP contribution in [0.25, 0.3) is 0 Å². The molecule has 1 amide bonds. The third-order valence-electron chi connectivity index (χ3n) is 4.56. The van der Waals surface area contributed by atoms with Gasteiger partial charge < -0.3 is 10.8 Å². The minimum Gasteiger partial charge on any atom is -0.478 e. The summed E-state index contributed by atoms with van der Waals surface area (Å²) in [6.07, 6.45) is 3.99. The van der Waals surface area contributed by atoms with Gasteiger partial charge in [-0.1, -0.05) is 18.6 Å². The van der Waals surface area contributed by atoms with E-state index in [4.69, 9.17) is 10.8 Å². The van der Waals surface area contributed by atoms with Crippen molar-refractivity contribution in [3.63, 3.8) is 0 Å². The highest BCUT2D eigenvalue weighted by atomic mass is 16.4. The number of carbonyl (C=O) groups excluding carboxylic acids is 1. The number of carboxylic acid groups (broad SMARTS) is 1. The van der Waals surface area contributed by atoms with E-state index in [1.807, 2.05) is 12.1 Å². The number of benzene rings is 1. The second kappa shape index (κ2) is 7.51. The Kier molecular flexibility index (Phi) is 5.16. The van der Waals surface area contributed by atoms with Gasteiger partial charge in [-0.25, -0.2) is 14.8 Å². The van der Waals surface area contributed by atoms with E-state index in [9.17, 15) is 9.59 Å². The molecule has 0 saturated carbocycles. The number of nitrogen functional groups attached to an aromatic ring is 1. The fourth-order valence-electron chi connectivity index (χ4n) is 3.18. The van der Waals surface area contributed by atoms with E-state index in [2.05, 4.69) is 9.97 Å². The number of rotatable bonds is 7. The Morgan fingerprint density at radius 1 is 1.19 bits per heavy atom. The minimum absolute atomic E-state index is 0.0239. The molecule has 1 aromatic heterocycles. The van der Waals surface area contributed by atoms with E-state index >= 15 is 0 Å². The molecular weight excluding hydrogens is 332 g/mol. The van der Waals surface area contributed by atoms with E-state index in [-0.39, 0.29) is 12.3 Å². The second-order valence-electron chi connectivity index (χ2n) is 6.49. The van der Waals surface area contributed by atoms with Crippen LogP contribution in [0.4, 0.5) is 11.6 Å². The number of anilines is 2. The van der Waals surface area contributed by atoms with Gasteiger partial charge in [0.25, 0.3) is 0 Å². The summed E-state index contributed by atoms with van der Waals surface area (Å²) in [6, 6.07) is 6.96. The van der Waals surface area contributed by atoms with Gasteiger partial charge in [-0.2, -0.15) is 0 Å². The number of amides is 1. The average molecular weight is 354 g/mol. The molecule has 3 N–H and O–H groups in total. The van der Waals surface area contributed by atoms with E-state index < -0.39 is 5.97 Å². The number of aryl methyl sites for hydroxylation is 2. The number of hydrogen-bond acceptors (Lipinski definition) is 5. The minimum atomic E-state index is -0.910. The number of nitrogens with two attached hydrogens (primary N) is 1. The number of nitrogens with zero attached hydrogens (tertiary/aromatic N) is 3. The predicted molar refractivity (Wildman–Crippen MR) is 98.2 cm³/mol. The van der Waals surface area contributed by atoms with E-state index in [1.54, 1.807) is 24.0 Å². The molecule has 0 atom stereocenters. The zero-order valence-corrected chi connectivity index (χ0v) is 14.7. The molecule has 0 unspecified atom stereocenters. The van der Waals surface area contributed by atoms with E-state index in [1.165, 1.54) is 0 Å². The van der Waals surface area contributed by atoms with Crippen LogP contribution < -0.4 is 10.6 Å². The molecular formula is C19H22N4O3. The monoisotopic (exact) mass is 354 g/mol. The first-order valence-electron chi connectivity index (χ1n) is 8.71. The molecule has 26 heavy (non-hydrogen) atoms. The SMILES string of the molecule is Cc1nc(N)c2c(n1)N(CCCCCc1ccc(C(=O)O)cc1)C(=O)C2. The molecule has 2 heterocycles. The molecule has 3 rings (SSSR count). The van der Waals surface area contributed by atoms with Crippen LogP contribution in [0.1, 0.15) is 46.6 Å². The zero-order chi connectivity index (χ0) is 18.7. The molecule has 136 valence electrons. The number of carbonyl (C=O) groups is 2. The molecule has 0 aliphatic carbocycles. The summed E-state index contributed by atoms with van der Waals surface area (Å²) in [7, 11) is 0. The maximum absolute atomic E-state index is 12.2. The number of aromatic carboxylic acids is 1. The third kappa shape index (κ3) is 3.82. The summed E-state index contributed by atoms with van der Waals surface area (Å²) in [5.74, 6) is 0.742. The Balaban J connectivity index is 1.49. The van der Waals surface area contributed by atoms with Crippen molar-refractivity contribution in [3.8, 4) is 0 Å². The number of fused-ring (bicyclic) bond motifs is 1. The van der Waals surface area contributed by atoms with Gasteiger partial charge in [0, 0.05) is 12.1 Å². The highest BCUT2D eigenvalue weighted by Gasteiger charge is 2.30. The van der Waals surface area contributed by atoms with Crippen LogP contribution in [0.2, 0.25) is 0 Å². The van der Waals surface area contributed by atoms with Crippen LogP contribution in [0.15, 0.2) is 24.3 Å². The lowest BCUT2D eigenvalue weighted by molar-refractivity contribution is -0.117. The predicted octanol–water partition coefficient (Wildman–Crippen LogP) is 2.37. The lowest BCUT2D eigenvalue weighted by atomic mass is 10.1. The standard InChI is InChI=1S/C19H22N4O3/c1-12-21-17(20)15-11-16(24)23(18(15)22-12)10-4-2-3-5-13-6-8-14(9-7-13)19(25)26/h6-9H,2-5,10-11H2,1H3,(H,25,26)(H2,20,21,22). The molecule has 1 aliphatic heterocycles. The maximum atomic E-state index is 12.2. The van der Waals surface area contributed by atoms with Gasteiger partial charge in [0.15, 0.2) is 0 Å².